The predicted molar refractivity (Wildman–Crippen MR) is 297 cm³/mol. The zero-order valence-electron chi connectivity index (χ0n) is 39.8. The molecule has 4 atom stereocenters. The average molecular weight is 889 g/mol. The Morgan fingerprint density at radius 2 is 1.31 bits per heavy atom. The zero-order chi connectivity index (χ0) is 46.8. The summed E-state index contributed by atoms with van der Waals surface area (Å²) in [6.07, 6.45) is 35.9. The first-order valence-corrected chi connectivity index (χ1v) is 24.7. The van der Waals surface area contributed by atoms with Gasteiger partial charge < -0.3 is 0 Å². The van der Waals surface area contributed by atoms with Gasteiger partial charge in [-0.25, -0.2) is 0 Å². The molecule has 2 aliphatic rings. The highest BCUT2D eigenvalue weighted by atomic mass is 32.1. The largest absolute Gasteiger partial charge is 0.135 e. The molecule has 0 saturated carbocycles. The van der Waals surface area contributed by atoms with E-state index in [0.717, 1.165) is 6.42 Å². The molecule has 0 nitrogen and oxygen atoms in total. The Labute approximate surface area is 405 Å². The lowest BCUT2D eigenvalue weighted by Crippen LogP contribution is -2.21. The van der Waals surface area contributed by atoms with E-state index in [2.05, 4.69) is 252 Å². The number of fused-ring (bicyclic) bond motifs is 3. The minimum Gasteiger partial charge on any atom is -0.135 e. The van der Waals surface area contributed by atoms with E-state index < -0.39 is 0 Å². The van der Waals surface area contributed by atoms with Crippen molar-refractivity contribution in [3.05, 3.63) is 300 Å². The van der Waals surface area contributed by atoms with Crippen LogP contribution in [0.4, 0.5) is 0 Å². The monoisotopic (exact) mass is 888 g/mol. The second-order valence-electron chi connectivity index (χ2n) is 16.7. The summed E-state index contributed by atoms with van der Waals surface area (Å²) in [6, 6.07) is 55.2. The van der Waals surface area contributed by atoms with E-state index in [1.165, 1.54) is 75.8 Å². The zero-order valence-corrected chi connectivity index (χ0v) is 40.6. The summed E-state index contributed by atoms with van der Waals surface area (Å²) in [5.41, 5.74) is 13.1. The minimum absolute atomic E-state index is 0.187. The van der Waals surface area contributed by atoms with Gasteiger partial charge in [0.1, 0.15) is 0 Å². The van der Waals surface area contributed by atoms with Crippen LogP contribution in [0.3, 0.4) is 0 Å². The van der Waals surface area contributed by atoms with Gasteiger partial charge in [0.05, 0.1) is 0 Å². The van der Waals surface area contributed by atoms with Crippen molar-refractivity contribution in [3.63, 3.8) is 0 Å². The molecule has 67 heavy (non-hydrogen) atoms. The normalized spacial score (nSPS) is 16.8. The van der Waals surface area contributed by atoms with Crippen molar-refractivity contribution < 1.29 is 0 Å². The quantitative estimate of drug-likeness (QED) is 0.107. The number of benzene rings is 6. The summed E-state index contributed by atoms with van der Waals surface area (Å²) >= 11 is 1.94. The first-order chi connectivity index (χ1) is 33.0. The molecular formula is C66H64S. The van der Waals surface area contributed by atoms with Crippen LogP contribution in [0.1, 0.15) is 90.8 Å². The lowest BCUT2D eigenvalue weighted by atomic mass is 9.69. The number of aryl methyl sites for hydroxylation is 1. The van der Waals surface area contributed by atoms with Crippen LogP contribution in [0.2, 0.25) is 0 Å². The molecule has 0 spiro atoms. The number of rotatable bonds is 12. The van der Waals surface area contributed by atoms with Gasteiger partial charge in [-0.1, -0.05) is 270 Å². The summed E-state index contributed by atoms with van der Waals surface area (Å²) in [5, 5.41) is 2.72. The second-order valence-corrected chi connectivity index (χ2v) is 17.8. The SMILES string of the molecule is C1=CCC=CC(c2ccccc2)=C1.C=C\C=C/C=C/C(=C/C(=C\C)c1ccccc1)C(C)c1ccc(C(c2ccccc2)C2C=CC=CC2c2c(C)ccc3c2sc2ccccc23)cc1.CC. The van der Waals surface area contributed by atoms with E-state index >= 15 is 0 Å². The fraction of sp³-hybridized carbons (Fsp3) is 0.152. The van der Waals surface area contributed by atoms with Crippen molar-refractivity contribution in [1.29, 1.82) is 0 Å². The van der Waals surface area contributed by atoms with Crippen LogP contribution in [0.5, 0.6) is 0 Å². The van der Waals surface area contributed by atoms with Crippen LogP contribution in [-0.2, 0) is 0 Å². The van der Waals surface area contributed by atoms with Crippen LogP contribution in [0.15, 0.2) is 261 Å². The molecule has 1 heterocycles. The maximum Gasteiger partial charge on any atom is 0.0396 e. The van der Waals surface area contributed by atoms with Gasteiger partial charge in [-0.2, -0.15) is 0 Å². The van der Waals surface area contributed by atoms with Gasteiger partial charge in [0, 0.05) is 37.9 Å². The van der Waals surface area contributed by atoms with E-state index in [-0.39, 0.29) is 23.7 Å². The Morgan fingerprint density at radius 3 is 2.04 bits per heavy atom. The highest BCUT2D eigenvalue weighted by molar-refractivity contribution is 7.26. The van der Waals surface area contributed by atoms with Gasteiger partial charge in [-0.15, -0.1) is 11.3 Å². The lowest BCUT2D eigenvalue weighted by molar-refractivity contribution is 0.513. The van der Waals surface area contributed by atoms with Gasteiger partial charge in [-0.3, -0.25) is 0 Å². The topological polar surface area (TPSA) is 0 Å². The average Bonchev–Trinajstić information content (AvgIpc) is 3.54. The Kier molecular flexibility index (Phi) is 17.5. The van der Waals surface area contributed by atoms with Crippen LogP contribution in [-0.4, -0.2) is 0 Å². The maximum atomic E-state index is 3.84. The van der Waals surface area contributed by atoms with E-state index in [1.54, 1.807) is 0 Å². The molecule has 6 aromatic carbocycles. The lowest BCUT2D eigenvalue weighted by Gasteiger charge is -2.34. The summed E-state index contributed by atoms with van der Waals surface area (Å²) in [7, 11) is 0. The van der Waals surface area contributed by atoms with Gasteiger partial charge in [0.2, 0.25) is 0 Å². The molecule has 4 unspecified atom stereocenters. The van der Waals surface area contributed by atoms with Crippen molar-refractivity contribution in [2.24, 2.45) is 5.92 Å². The van der Waals surface area contributed by atoms with Crippen LogP contribution >= 0.6 is 11.3 Å². The van der Waals surface area contributed by atoms with E-state index in [9.17, 15) is 0 Å². The van der Waals surface area contributed by atoms with Gasteiger partial charge in [-0.05, 0) is 87.9 Å². The van der Waals surface area contributed by atoms with Crippen LogP contribution < -0.4 is 0 Å². The molecule has 0 bridgehead atoms. The molecule has 0 fully saturated rings. The Bertz CT molecular complexity index is 2980. The fourth-order valence-electron chi connectivity index (χ4n) is 9.21. The summed E-state index contributed by atoms with van der Waals surface area (Å²) in [4.78, 5) is 0. The third-order valence-electron chi connectivity index (χ3n) is 12.6. The van der Waals surface area contributed by atoms with Crippen molar-refractivity contribution in [1.82, 2.24) is 0 Å². The molecule has 7 aromatic rings. The fourth-order valence-corrected chi connectivity index (χ4v) is 10.6. The molecule has 334 valence electrons. The number of hydrogen-bond donors (Lipinski definition) is 0. The van der Waals surface area contributed by atoms with E-state index in [4.69, 9.17) is 0 Å². The van der Waals surface area contributed by atoms with E-state index in [1.807, 2.05) is 49.5 Å². The van der Waals surface area contributed by atoms with Crippen LogP contribution in [0, 0.1) is 12.8 Å². The highest BCUT2D eigenvalue weighted by Crippen LogP contribution is 2.48. The van der Waals surface area contributed by atoms with Crippen LogP contribution in [0.25, 0.3) is 31.3 Å². The smallest absolute Gasteiger partial charge is 0.0396 e. The van der Waals surface area contributed by atoms with Crippen molar-refractivity contribution in [2.75, 3.05) is 0 Å². The molecule has 0 saturated heterocycles. The molecule has 1 aromatic heterocycles. The predicted octanol–water partition coefficient (Wildman–Crippen LogP) is 19.1. The van der Waals surface area contributed by atoms with Crippen molar-refractivity contribution in [3.8, 4) is 0 Å². The molecule has 0 N–H and O–H groups in total. The molecule has 0 amide bonds. The molecule has 1 heteroatoms. The third kappa shape index (κ3) is 11.9. The number of allylic oxidation sites excluding steroid dienone is 19. The Morgan fingerprint density at radius 1 is 0.657 bits per heavy atom. The third-order valence-corrected chi connectivity index (χ3v) is 13.8. The summed E-state index contributed by atoms with van der Waals surface area (Å²) in [6.45, 7) is 14.6. The van der Waals surface area contributed by atoms with Gasteiger partial charge >= 0.3 is 0 Å². The van der Waals surface area contributed by atoms with Gasteiger partial charge in [0.25, 0.3) is 0 Å². The second kappa shape index (κ2) is 24.5. The van der Waals surface area contributed by atoms with Gasteiger partial charge in [0.15, 0.2) is 0 Å². The minimum atomic E-state index is 0.187. The molecule has 0 aliphatic heterocycles. The standard InChI is InChI=1S/C51H46S.C13H12.C2H6/c1-5-7-8-11-24-43(35-38(6-2)40-20-12-9-13-21-40)37(4)39-30-32-42(33-31-39)50(41-22-14-10-15-23-41)46-27-17-16-26-45(46)49-36(3)29-34-47-44-25-18-19-28-48(44)52-51(47)49;1-2-5-9-12(8-4-1)13-10-6-3-7-11-13;1-2/h5-35,37,45-46,50H,1H2,2-4H3;1,3-11H,2H2;1-2H3/b8-7-,24-11+,38-6+,43-35-;;. The van der Waals surface area contributed by atoms with E-state index in [0.29, 0.717) is 0 Å². The summed E-state index contributed by atoms with van der Waals surface area (Å²) < 4.78 is 2.77. The first kappa shape index (κ1) is 47.9. The summed E-state index contributed by atoms with van der Waals surface area (Å²) in [5.74, 6) is 0.872. The first-order valence-electron chi connectivity index (χ1n) is 23.9. The molecule has 9 rings (SSSR count). The maximum absolute atomic E-state index is 3.84. The Hall–Kier alpha value is -7.06. The Balaban J connectivity index is 0.000000378. The highest BCUT2D eigenvalue weighted by Gasteiger charge is 2.33. The molecule has 0 radical (unpaired) electrons. The number of hydrogen-bond acceptors (Lipinski definition) is 1. The number of thiophene rings is 1. The van der Waals surface area contributed by atoms with Crippen molar-refractivity contribution in [2.45, 2.75) is 58.8 Å². The van der Waals surface area contributed by atoms with Crippen molar-refractivity contribution >= 4 is 42.7 Å². The molecule has 2 aliphatic carbocycles. The molecular weight excluding hydrogens is 825 g/mol.